The molecule has 10 heteroatoms. The first-order valence-corrected chi connectivity index (χ1v) is 11.6. The molecule has 0 saturated heterocycles. The number of nitrogens with zero attached hydrogens (tertiary/aromatic N) is 1. The maximum Gasteiger partial charge on any atom is 0.235 e. The molecule has 4 unspecified atom stereocenters. The quantitative estimate of drug-likeness (QED) is 0.490. The first kappa shape index (κ1) is 25.1. The van der Waals surface area contributed by atoms with Crippen LogP contribution in [0.1, 0.15) is 34.8 Å². The Morgan fingerprint density at radius 3 is 2.46 bits per heavy atom. The van der Waals surface area contributed by atoms with Crippen molar-refractivity contribution in [2.45, 2.75) is 37.8 Å². The maximum absolute atomic E-state index is 13.7. The maximum atomic E-state index is 13.7. The molecule has 35 heavy (non-hydrogen) atoms. The molecule has 4 N–H and O–H groups in total. The zero-order valence-corrected chi connectivity index (χ0v) is 19.8. The van der Waals surface area contributed by atoms with Gasteiger partial charge in [0.15, 0.2) is 34.7 Å². The van der Waals surface area contributed by atoms with E-state index in [4.69, 9.17) is 5.73 Å². The van der Waals surface area contributed by atoms with Gasteiger partial charge in [-0.25, -0.2) is 0 Å². The molecule has 3 aliphatic carbocycles. The molecule has 7 atom stereocenters. The number of aliphatic hydroxyl groups is 1. The van der Waals surface area contributed by atoms with Gasteiger partial charge in [-0.15, -0.1) is 0 Å². The van der Waals surface area contributed by atoms with Crippen LogP contribution in [0.15, 0.2) is 12.1 Å². The number of nitrogens with two attached hydrogens (primary N) is 1. The van der Waals surface area contributed by atoms with Crippen molar-refractivity contribution in [2.75, 3.05) is 20.8 Å². The van der Waals surface area contributed by atoms with Gasteiger partial charge >= 0.3 is 0 Å². The van der Waals surface area contributed by atoms with Crippen molar-refractivity contribution in [3.8, 4) is 5.75 Å². The summed E-state index contributed by atoms with van der Waals surface area (Å²) in [4.78, 5) is 67.0. The second kappa shape index (κ2) is 8.60. The monoisotopic (exact) mass is 488 g/mol. The molecule has 2 saturated carbocycles. The number of phenols is 1. The number of phenolic OH excluding ortho intramolecular Hbond substituents is 1. The van der Waals surface area contributed by atoms with Crippen molar-refractivity contribution in [2.24, 2.45) is 35.3 Å². The summed E-state index contributed by atoms with van der Waals surface area (Å²) in [5, 5.41) is 22.0. The lowest BCUT2D eigenvalue weighted by Crippen LogP contribution is -2.74. The molecule has 0 heterocycles. The number of hydrogen-bond acceptors (Lipinski definition) is 8. The Hall–Kier alpha value is -2.98. The zero-order chi connectivity index (χ0) is 26.0. The fraction of sp³-hybridized carbons (Fsp3) is 0.560. The molecule has 0 radical (unpaired) electrons. The third kappa shape index (κ3) is 3.53. The molecule has 1 amide bonds. The van der Waals surface area contributed by atoms with Crippen LogP contribution >= 0.6 is 0 Å². The van der Waals surface area contributed by atoms with Crippen molar-refractivity contribution in [3.63, 3.8) is 0 Å². The van der Waals surface area contributed by atoms with Gasteiger partial charge in [0, 0.05) is 5.92 Å². The van der Waals surface area contributed by atoms with Gasteiger partial charge in [0.05, 0.1) is 24.2 Å². The van der Waals surface area contributed by atoms with Gasteiger partial charge in [0.1, 0.15) is 5.75 Å². The van der Waals surface area contributed by atoms with Crippen LogP contribution in [0.2, 0.25) is 0 Å². The number of Topliss-reactive ketones (excluding diaryl/α,β-unsaturated/α-hetero) is 4. The Kier molecular flexibility index (Phi) is 6.17. The van der Waals surface area contributed by atoms with E-state index in [1.807, 2.05) is 0 Å². The topological polar surface area (TPSA) is 155 Å². The minimum absolute atomic E-state index is 0.0162. The molecule has 2 fully saturated rings. The van der Waals surface area contributed by atoms with E-state index in [1.54, 1.807) is 13.0 Å². The van der Waals surface area contributed by atoms with E-state index < -0.39 is 71.0 Å². The molecule has 0 bridgehead atoms. The number of ketones is 4. The number of aromatic hydroxyl groups is 1. The number of rotatable bonds is 5. The van der Waals surface area contributed by atoms with E-state index >= 15 is 0 Å². The van der Waals surface area contributed by atoms with Crippen LogP contribution < -0.4 is 5.73 Å². The first-order chi connectivity index (χ1) is 16.4. The Morgan fingerprint density at radius 1 is 1.23 bits per heavy atom. The summed E-state index contributed by atoms with van der Waals surface area (Å²) in [5.41, 5.74) is 3.68. The van der Waals surface area contributed by atoms with Gasteiger partial charge < -0.3 is 15.9 Å². The van der Waals surface area contributed by atoms with Crippen molar-refractivity contribution in [1.29, 1.82) is 0 Å². The van der Waals surface area contributed by atoms with E-state index in [0.717, 1.165) is 0 Å². The number of amides is 1. The first-order valence-electron chi connectivity index (χ1n) is 11.6. The predicted molar refractivity (Wildman–Crippen MR) is 120 cm³/mol. The molecule has 9 nitrogen and oxygen atoms in total. The van der Waals surface area contributed by atoms with E-state index in [1.165, 1.54) is 25.1 Å². The predicted octanol–water partition coefficient (Wildman–Crippen LogP) is 0.0151. The summed E-state index contributed by atoms with van der Waals surface area (Å²) in [6.45, 7) is 1.14. The van der Waals surface area contributed by atoms with Crippen LogP contribution in [-0.4, -0.2) is 76.6 Å². The standard InChI is InChI=1S/C25H29FN2O7/c1-10(9-26)6-11-4-5-15(29)17-13(11)7-12-8-14-19(28(2)3)21(31)18(24(27)34)23(33)25(14,35)22(32)16(12)20(17)30/h4-5,10,12,14,16,18-19,29,35H,6-9H2,1-3H3,(H2,27,34)/t10?,12-,14-,16?,18?,19?,25-/m1/s1. The summed E-state index contributed by atoms with van der Waals surface area (Å²) in [5.74, 6) is -11.1. The molecule has 0 aliphatic heterocycles. The second-order valence-electron chi connectivity index (χ2n) is 10.4. The summed E-state index contributed by atoms with van der Waals surface area (Å²) in [6, 6.07) is 1.80. The Labute approximate surface area is 201 Å². The molecular formula is C25H29FN2O7. The minimum Gasteiger partial charge on any atom is -0.507 e. The molecule has 0 spiro atoms. The van der Waals surface area contributed by atoms with Crippen molar-refractivity contribution >= 4 is 29.0 Å². The molecule has 1 aromatic carbocycles. The number of likely N-dealkylation sites (N-methyl/N-ethyl adjacent to an activating group) is 1. The number of benzene rings is 1. The van der Waals surface area contributed by atoms with E-state index in [9.17, 15) is 38.6 Å². The lowest BCUT2D eigenvalue weighted by atomic mass is 9.52. The molecule has 3 aliphatic rings. The summed E-state index contributed by atoms with van der Waals surface area (Å²) in [6.07, 6.45) is 0.481. The molecule has 0 aromatic heterocycles. The Balaban J connectivity index is 1.85. The highest BCUT2D eigenvalue weighted by Crippen LogP contribution is 2.51. The molecule has 4 rings (SSSR count). The van der Waals surface area contributed by atoms with Crippen molar-refractivity contribution in [3.05, 3.63) is 28.8 Å². The van der Waals surface area contributed by atoms with Crippen molar-refractivity contribution < 1.29 is 38.6 Å². The third-order valence-electron chi connectivity index (χ3n) is 7.87. The largest absolute Gasteiger partial charge is 0.507 e. The van der Waals surface area contributed by atoms with Crippen LogP contribution in [0.4, 0.5) is 4.39 Å². The van der Waals surface area contributed by atoms with Crippen LogP contribution in [0.5, 0.6) is 5.75 Å². The van der Waals surface area contributed by atoms with Gasteiger partial charge in [0.25, 0.3) is 0 Å². The number of carbonyl (C=O) groups excluding carboxylic acids is 5. The van der Waals surface area contributed by atoms with E-state index in [-0.39, 0.29) is 30.1 Å². The van der Waals surface area contributed by atoms with Crippen LogP contribution in [0.3, 0.4) is 0 Å². The Bertz CT molecular complexity index is 1150. The van der Waals surface area contributed by atoms with Gasteiger partial charge in [-0.2, -0.15) is 0 Å². The molecular weight excluding hydrogens is 459 g/mol. The number of fused-ring (bicyclic) bond motifs is 3. The number of hydrogen-bond donors (Lipinski definition) is 3. The normalized spacial score (nSPS) is 33.3. The lowest BCUT2D eigenvalue weighted by molar-refractivity contribution is -0.181. The third-order valence-corrected chi connectivity index (χ3v) is 7.87. The fourth-order valence-electron chi connectivity index (χ4n) is 6.29. The summed E-state index contributed by atoms with van der Waals surface area (Å²) >= 11 is 0. The van der Waals surface area contributed by atoms with Crippen LogP contribution in [0.25, 0.3) is 0 Å². The summed E-state index contributed by atoms with van der Waals surface area (Å²) < 4.78 is 13.2. The van der Waals surface area contributed by atoms with Crippen LogP contribution in [-0.2, 0) is 32.0 Å². The van der Waals surface area contributed by atoms with Gasteiger partial charge in [-0.3, -0.25) is 33.3 Å². The summed E-state index contributed by atoms with van der Waals surface area (Å²) in [7, 11) is 3.06. The highest BCUT2D eigenvalue weighted by molar-refractivity contribution is 6.32. The minimum atomic E-state index is -2.74. The van der Waals surface area contributed by atoms with Crippen molar-refractivity contribution in [1.82, 2.24) is 4.90 Å². The number of alkyl halides is 1. The number of primary amides is 1. The second-order valence-corrected chi connectivity index (χ2v) is 10.4. The average Bonchev–Trinajstić information content (AvgIpc) is 2.77. The SMILES string of the molecule is CC(CF)Cc1ccc(O)c2c1C[C@@H]1C[C@@H]3C(N(C)C)C(=O)C(C(N)=O)C(=O)[C@]3(O)C(=O)C1C2=O. The number of carbonyl (C=O) groups is 5. The van der Waals surface area contributed by atoms with Gasteiger partial charge in [-0.05, 0) is 62.4 Å². The zero-order valence-electron chi connectivity index (χ0n) is 19.8. The van der Waals surface area contributed by atoms with E-state index in [0.29, 0.717) is 17.5 Å². The fourth-order valence-corrected chi connectivity index (χ4v) is 6.29. The molecule has 188 valence electrons. The number of halogens is 1. The lowest BCUT2D eigenvalue weighted by Gasteiger charge is -2.52. The smallest absolute Gasteiger partial charge is 0.235 e. The van der Waals surface area contributed by atoms with Crippen LogP contribution in [0, 0.1) is 29.6 Å². The average molecular weight is 489 g/mol. The highest BCUT2D eigenvalue weighted by Gasteiger charge is 2.69. The highest BCUT2D eigenvalue weighted by atomic mass is 19.1. The van der Waals surface area contributed by atoms with Gasteiger partial charge in [-0.1, -0.05) is 13.0 Å². The van der Waals surface area contributed by atoms with Gasteiger partial charge in [0.2, 0.25) is 5.91 Å². The Morgan fingerprint density at radius 2 is 1.89 bits per heavy atom. The molecule has 1 aromatic rings. The van der Waals surface area contributed by atoms with E-state index in [2.05, 4.69) is 0 Å².